The SMILES string of the molecule is CCCCCC/C=C\CCCOc1cccc(C(=O)NC2C(OC3C(CO)OC(OC4C(CO)OC(OC5C(CO)OC(O)C(NC(C)=O)C5O)C(NC(C)=O)C4O)C(NC(C)=O)C3O)OC(CO)C(O)C2O)c1. The van der Waals surface area contributed by atoms with Crippen molar-refractivity contribution in [3.8, 4) is 5.75 Å². The van der Waals surface area contributed by atoms with Crippen molar-refractivity contribution in [1.82, 2.24) is 21.3 Å². The molecule has 74 heavy (non-hydrogen) atoms. The van der Waals surface area contributed by atoms with E-state index < -0.39 is 173 Å². The van der Waals surface area contributed by atoms with Gasteiger partial charge in [0.25, 0.3) is 5.91 Å². The standard InChI is InChI=1S/C48H76N4O22/c1-5-6-7-8-9-10-11-12-13-17-67-27-16-14-15-26(18-27)44(65)52-33-37(61)36(60)28(19-53)69-46(33)73-42-30(21-55)71-48(35(39(42)63)51-25(4)59)74-43-31(22-56)70-47(34(40(43)64)50-24(3)58)72-41-29(20-54)68-45(66)32(38(41)62)49-23(2)57/h10-11,14-16,18,28-43,45-48,53-56,60-64,66H,5-9,12-13,17,19-22H2,1-4H3,(H,49,57)(H,50,58)(H,51,59)(H,52,65)/b11-10-. The van der Waals surface area contributed by atoms with Gasteiger partial charge < -0.3 is 110 Å². The fourth-order valence-electron chi connectivity index (χ4n) is 9.21. The zero-order valence-electron chi connectivity index (χ0n) is 41.9. The summed E-state index contributed by atoms with van der Waals surface area (Å²) in [5.41, 5.74) is 0.0817. The molecule has 4 fully saturated rings. The summed E-state index contributed by atoms with van der Waals surface area (Å²) in [7, 11) is 0. The van der Waals surface area contributed by atoms with Crippen LogP contribution in [0.1, 0.15) is 83.0 Å². The third kappa shape index (κ3) is 16.0. The number of hydrogen-bond acceptors (Lipinski definition) is 22. The number of hydrogen-bond donors (Lipinski definition) is 14. The topological polar surface area (TPSA) is 393 Å². The predicted molar refractivity (Wildman–Crippen MR) is 253 cm³/mol. The number of aliphatic hydroxyl groups excluding tert-OH is 10. The molecule has 4 heterocycles. The molecular weight excluding hydrogens is 985 g/mol. The molecule has 4 aliphatic heterocycles. The van der Waals surface area contributed by atoms with Gasteiger partial charge >= 0.3 is 0 Å². The lowest BCUT2D eigenvalue weighted by molar-refractivity contribution is -0.361. The van der Waals surface area contributed by atoms with Gasteiger partial charge in [-0.3, -0.25) is 19.2 Å². The molecule has 0 radical (unpaired) electrons. The van der Waals surface area contributed by atoms with Crippen LogP contribution in [0.3, 0.4) is 0 Å². The van der Waals surface area contributed by atoms with Crippen molar-refractivity contribution < 1.29 is 108 Å². The van der Waals surface area contributed by atoms with E-state index in [2.05, 4.69) is 40.3 Å². The molecular formula is C48H76N4O22. The van der Waals surface area contributed by atoms with Crippen LogP contribution in [-0.2, 0) is 47.5 Å². The average Bonchev–Trinajstić information content (AvgIpc) is 3.36. The molecule has 0 spiro atoms. The van der Waals surface area contributed by atoms with Gasteiger partial charge in [0.2, 0.25) is 17.7 Å². The van der Waals surface area contributed by atoms with Crippen LogP contribution in [0.4, 0.5) is 0 Å². The largest absolute Gasteiger partial charge is 0.494 e. The number of aliphatic hydroxyl groups is 10. The van der Waals surface area contributed by atoms with Crippen LogP contribution in [0.2, 0.25) is 0 Å². The second-order valence-corrected chi connectivity index (χ2v) is 18.7. The molecule has 26 heteroatoms. The highest BCUT2D eigenvalue weighted by atomic mass is 16.8. The lowest BCUT2D eigenvalue weighted by atomic mass is 9.93. The van der Waals surface area contributed by atoms with Crippen LogP contribution in [0.15, 0.2) is 36.4 Å². The molecule has 0 bridgehead atoms. The van der Waals surface area contributed by atoms with Crippen LogP contribution >= 0.6 is 0 Å². The second kappa shape index (κ2) is 29.5. The van der Waals surface area contributed by atoms with Crippen molar-refractivity contribution in [3.05, 3.63) is 42.0 Å². The first kappa shape index (κ1) is 60.8. The molecule has 420 valence electrons. The molecule has 20 unspecified atom stereocenters. The Hall–Kier alpha value is -4.04. The van der Waals surface area contributed by atoms with E-state index in [9.17, 15) is 70.2 Å². The number of amides is 4. The second-order valence-electron chi connectivity index (χ2n) is 18.7. The van der Waals surface area contributed by atoms with Crippen LogP contribution in [0.5, 0.6) is 5.75 Å². The summed E-state index contributed by atoms with van der Waals surface area (Å²) in [5.74, 6) is -2.58. The van der Waals surface area contributed by atoms with Crippen molar-refractivity contribution in [2.75, 3.05) is 33.0 Å². The Bertz CT molecular complexity index is 1960. The number of ether oxygens (including phenoxy) is 8. The normalized spacial score (nSPS) is 36.5. The monoisotopic (exact) mass is 1060 g/mol. The van der Waals surface area contributed by atoms with Crippen LogP contribution < -0.4 is 26.0 Å². The van der Waals surface area contributed by atoms with Crippen molar-refractivity contribution >= 4 is 23.6 Å². The number of allylic oxidation sites excluding steroid dienone is 2. The van der Waals surface area contributed by atoms with Gasteiger partial charge in [0.15, 0.2) is 25.2 Å². The quantitative estimate of drug-likeness (QED) is 0.0326. The van der Waals surface area contributed by atoms with E-state index in [1.54, 1.807) is 12.1 Å². The highest BCUT2D eigenvalue weighted by Crippen LogP contribution is 2.35. The van der Waals surface area contributed by atoms with Gasteiger partial charge in [0.05, 0.1) is 33.0 Å². The highest BCUT2D eigenvalue weighted by Gasteiger charge is 2.56. The molecule has 4 amide bonds. The fourth-order valence-corrected chi connectivity index (χ4v) is 9.21. The highest BCUT2D eigenvalue weighted by molar-refractivity contribution is 5.94. The molecule has 1 aromatic carbocycles. The molecule has 26 nitrogen and oxygen atoms in total. The summed E-state index contributed by atoms with van der Waals surface area (Å²) in [6, 6.07) is -0.191. The van der Waals surface area contributed by atoms with Crippen LogP contribution in [-0.4, -0.2) is 230 Å². The number of benzene rings is 1. The van der Waals surface area contributed by atoms with Crippen molar-refractivity contribution in [2.45, 2.75) is 195 Å². The number of nitrogens with one attached hydrogen (secondary N) is 4. The summed E-state index contributed by atoms with van der Waals surface area (Å²) in [6.45, 7) is 2.23. The first-order valence-corrected chi connectivity index (χ1v) is 25.0. The number of carbonyl (C=O) groups is 4. The van der Waals surface area contributed by atoms with E-state index >= 15 is 0 Å². The van der Waals surface area contributed by atoms with E-state index in [0.717, 1.165) is 46.5 Å². The zero-order valence-corrected chi connectivity index (χ0v) is 41.9. The first-order valence-electron chi connectivity index (χ1n) is 25.0. The third-order valence-corrected chi connectivity index (χ3v) is 13.0. The molecule has 1 aromatic rings. The van der Waals surface area contributed by atoms with Crippen molar-refractivity contribution in [3.63, 3.8) is 0 Å². The Balaban J connectivity index is 1.32. The lowest BCUT2D eigenvalue weighted by Crippen LogP contribution is -2.71. The molecule has 0 saturated carbocycles. The van der Waals surface area contributed by atoms with E-state index in [4.69, 9.17) is 37.9 Å². The lowest BCUT2D eigenvalue weighted by Gasteiger charge is -2.51. The summed E-state index contributed by atoms with van der Waals surface area (Å²) in [4.78, 5) is 50.9. The Morgan fingerprint density at radius 3 is 1.47 bits per heavy atom. The van der Waals surface area contributed by atoms with Crippen molar-refractivity contribution in [2.24, 2.45) is 0 Å². The Morgan fingerprint density at radius 1 is 0.541 bits per heavy atom. The molecule has 0 aliphatic carbocycles. The molecule has 14 N–H and O–H groups in total. The number of carbonyl (C=O) groups excluding carboxylic acids is 4. The molecule has 20 atom stereocenters. The van der Waals surface area contributed by atoms with Gasteiger partial charge in [-0.2, -0.15) is 0 Å². The minimum atomic E-state index is -1.94. The fraction of sp³-hybridized carbons (Fsp3) is 0.750. The number of rotatable bonds is 25. The van der Waals surface area contributed by atoms with Gasteiger partial charge in [-0.05, 0) is 43.9 Å². The van der Waals surface area contributed by atoms with Crippen molar-refractivity contribution in [1.29, 1.82) is 0 Å². The first-order chi connectivity index (χ1) is 35.4. The summed E-state index contributed by atoms with van der Waals surface area (Å²) < 4.78 is 47.4. The predicted octanol–water partition coefficient (Wildman–Crippen LogP) is -4.19. The van der Waals surface area contributed by atoms with Gasteiger partial charge in [-0.25, -0.2) is 0 Å². The van der Waals surface area contributed by atoms with E-state index in [0.29, 0.717) is 12.4 Å². The van der Waals surface area contributed by atoms with Gasteiger partial charge in [0, 0.05) is 26.3 Å². The molecule has 0 aromatic heterocycles. The molecule has 4 saturated heterocycles. The van der Waals surface area contributed by atoms with Gasteiger partial charge in [0.1, 0.15) is 103 Å². The Morgan fingerprint density at radius 2 is 0.986 bits per heavy atom. The average molecular weight is 1060 g/mol. The third-order valence-electron chi connectivity index (χ3n) is 13.0. The maximum absolute atomic E-state index is 13.8. The summed E-state index contributed by atoms with van der Waals surface area (Å²) in [6.07, 6.45) is -16.1. The van der Waals surface area contributed by atoms with Gasteiger partial charge in [-0.15, -0.1) is 0 Å². The maximum Gasteiger partial charge on any atom is 0.251 e. The zero-order chi connectivity index (χ0) is 54.2. The van der Waals surface area contributed by atoms with E-state index in [1.165, 1.54) is 31.4 Å². The Kier molecular flexibility index (Phi) is 24.2. The summed E-state index contributed by atoms with van der Waals surface area (Å²) >= 11 is 0. The Labute approximate surface area is 428 Å². The smallest absolute Gasteiger partial charge is 0.251 e. The minimum Gasteiger partial charge on any atom is -0.494 e. The minimum absolute atomic E-state index is 0.0817. The maximum atomic E-state index is 13.8. The van der Waals surface area contributed by atoms with E-state index in [-0.39, 0.29) is 5.56 Å². The van der Waals surface area contributed by atoms with Crippen LogP contribution in [0, 0.1) is 0 Å². The van der Waals surface area contributed by atoms with Crippen LogP contribution in [0.25, 0.3) is 0 Å². The molecule has 4 aliphatic rings. The summed E-state index contributed by atoms with van der Waals surface area (Å²) in [5, 5.41) is 119. The number of unbranched alkanes of at least 4 members (excludes halogenated alkanes) is 5. The van der Waals surface area contributed by atoms with E-state index in [1.807, 2.05) is 0 Å². The van der Waals surface area contributed by atoms with Gasteiger partial charge in [-0.1, -0.05) is 44.4 Å². The molecule has 5 rings (SSSR count).